The van der Waals surface area contributed by atoms with E-state index in [9.17, 15) is 0 Å². The zero-order valence-corrected chi connectivity index (χ0v) is 26.0. The van der Waals surface area contributed by atoms with E-state index in [2.05, 4.69) is 134 Å². The number of hydrogen-bond acceptors (Lipinski definition) is 0. The van der Waals surface area contributed by atoms with Gasteiger partial charge in [-0.3, -0.25) is 0 Å². The Morgan fingerprint density at radius 3 is 1.31 bits per heavy atom. The maximum Gasteiger partial charge on any atom is -0.0126 e. The lowest BCUT2D eigenvalue weighted by molar-refractivity contribution is 0.515. The van der Waals surface area contributed by atoms with Crippen molar-refractivity contribution in [1.82, 2.24) is 0 Å². The molecule has 0 radical (unpaired) electrons. The monoisotopic (exact) mass is 476 g/mol. The Labute approximate surface area is 219 Å². The lowest BCUT2D eigenvalue weighted by Crippen LogP contribution is -2.26. The van der Waals surface area contributed by atoms with Gasteiger partial charge in [-0.15, -0.1) is 0 Å². The van der Waals surface area contributed by atoms with E-state index in [0.29, 0.717) is 0 Å². The van der Waals surface area contributed by atoms with Crippen LogP contribution >= 0.6 is 0 Å². The summed E-state index contributed by atoms with van der Waals surface area (Å²) in [6, 6.07) is 12.0. The largest absolute Gasteiger partial charge is 0.0617 e. The van der Waals surface area contributed by atoms with E-state index < -0.39 is 0 Å². The van der Waals surface area contributed by atoms with Crippen LogP contribution in [0.5, 0.6) is 0 Å². The second kappa shape index (κ2) is 9.72. The van der Waals surface area contributed by atoms with E-state index in [1.165, 1.54) is 28.7 Å². The van der Waals surface area contributed by atoms with Gasteiger partial charge in [0.25, 0.3) is 0 Å². The molecule has 0 nitrogen and oxygen atoms in total. The Hall–Kier alpha value is -1.56. The molecular weight excluding hydrogens is 420 g/mol. The third-order valence-electron chi connectivity index (χ3n) is 7.31. The van der Waals surface area contributed by atoms with Crippen molar-refractivity contribution in [2.45, 2.75) is 150 Å². The van der Waals surface area contributed by atoms with Crippen LogP contribution in [0.3, 0.4) is 0 Å². The Kier molecular flexibility index (Phi) is 8.24. The Morgan fingerprint density at radius 2 is 0.943 bits per heavy atom. The molecule has 35 heavy (non-hydrogen) atoms. The summed E-state index contributed by atoms with van der Waals surface area (Å²) in [6.07, 6.45) is 3.44. The van der Waals surface area contributed by atoms with Gasteiger partial charge in [0.15, 0.2) is 0 Å². The summed E-state index contributed by atoms with van der Waals surface area (Å²) in [6.45, 7) is 35.5. The molecule has 0 aliphatic heterocycles. The van der Waals surface area contributed by atoms with Crippen LogP contribution < -0.4 is 0 Å². The molecule has 196 valence electrons. The first-order valence-corrected chi connectivity index (χ1v) is 13.9. The fourth-order valence-corrected chi connectivity index (χ4v) is 5.53. The van der Waals surface area contributed by atoms with Gasteiger partial charge in [0, 0.05) is 0 Å². The van der Waals surface area contributed by atoms with Crippen molar-refractivity contribution in [2.75, 3.05) is 0 Å². The van der Waals surface area contributed by atoms with Gasteiger partial charge in [-0.2, -0.15) is 0 Å². The van der Waals surface area contributed by atoms with Crippen LogP contribution in [0.4, 0.5) is 0 Å². The third-order valence-corrected chi connectivity index (χ3v) is 7.31. The van der Waals surface area contributed by atoms with Gasteiger partial charge < -0.3 is 0 Å². The summed E-state index contributed by atoms with van der Waals surface area (Å²) in [5.41, 5.74) is 11.4. The topological polar surface area (TPSA) is 0 Å². The third kappa shape index (κ3) is 7.24. The van der Waals surface area contributed by atoms with Crippen LogP contribution in [-0.2, 0) is 39.9 Å². The summed E-state index contributed by atoms with van der Waals surface area (Å²) in [7, 11) is 0. The SMILES string of the molecule is CC(C)(C)c1cc(CCCc2c(C(C)(C)C)cccc2C(C)(C)C)c(C(C)(C)C)c(C(C)(C)C)c1. The minimum atomic E-state index is 0.119. The summed E-state index contributed by atoms with van der Waals surface area (Å²) < 4.78 is 0. The quantitative estimate of drug-likeness (QED) is 0.411. The van der Waals surface area contributed by atoms with Gasteiger partial charge in [0.05, 0.1) is 0 Å². The van der Waals surface area contributed by atoms with Crippen LogP contribution in [-0.4, -0.2) is 0 Å². The second-order valence-corrected chi connectivity index (χ2v) is 16.0. The minimum absolute atomic E-state index is 0.119. The van der Waals surface area contributed by atoms with Crippen molar-refractivity contribution in [3.63, 3.8) is 0 Å². The molecule has 0 saturated carbocycles. The predicted octanol–water partition coefficient (Wildman–Crippen LogP) is 10.3. The van der Waals surface area contributed by atoms with E-state index >= 15 is 0 Å². The van der Waals surface area contributed by atoms with Crippen LogP contribution in [0.2, 0.25) is 0 Å². The van der Waals surface area contributed by atoms with Crippen LogP contribution in [0.1, 0.15) is 149 Å². The average Bonchev–Trinajstić information content (AvgIpc) is 2.63. The molecule has 0 fully saturated rings. The number of benzene rings is 2. The Bertz CT molecular complexity index is 980. The lowest BCUT2D eigenvalue weighted by Gasteiger charge is -2.35. The number of rotatable bonds is 4. The van der Waals surface area contributed by atoms with Crippen molar-refractivity contribution < 1.29 is 0 Å². The molecule has 0 heterocycles. The molecule has 0 aromatic heterocycles. The van der Waals surface area contributed by atoms with E-state index in [4.69, 9.17) is 0 Å². The molecule has 2 rings (SSSR count). The van der Waals surface area contributed by atoms with E-state index in [1.54, 1.807) is 16.7 Å². The summed E-state index contributed by atoms with van der Waals surface area (Å²) in [4.78, 5) is 0. The van der Waals surface area contributed by atoms with Gasteiger partial charge in [-0.25, -0.2) is 0 Å². The van der Waals surface area contributed by atoms with E-state index in [1.807, 2.05) is 0 Å². The van der Waals surface area contributed by atoms with Gasteiger partial charge in [-0.1, -0.05) is 134 Å². The highest BCUT2D eigenvalue weighted by Crippen LogP contribution is 2.41. The van der Waals surface area contributed by atoms with Gasteiger partial charge in [-0.05, 0) is 85.3 Å². The highest BCUT2D eigenvalue weighted by molar-refractivity contribution is 5.49. The first kappa shape index (κ1) is 29.7. The molecule has 0 N–H and O–H groups in total. The summed E-state index contributed by atoms with van der Waals surface area (Å²) in [5.74, 6) is 0. The highest BCUT2D eigenvalue weighted by Gasteiger charge is 2.30. The predicted molar refractivity (Wildman–Crippen MR) is 158 cm³/mol. The second-order valence-electron chi connectivity index (χ2n) is 16.0. The highest BCUT2D eigenvalue weighted by atomic mass is 14.4. The molecular formula is C35H56. The molecule has 0 atom stereocenters. The first-order chi connectivity index (χ1) is 15.5. The molecule has 0 saturated heterocycles. The lowest BCUT2D eigenvalue weighted by atomic mass is 9.69. The fraction of sp³-hybridized carbons (Fsp3) is 0.657. The maximum absolute atomic E-state index is 2.54. The molecule has 0 spiro atoms. The normalized spacial score (nSPS) is 13.9. The van der Waals surface area contributed by atoms with E-state index in [-0.39, 0.29) is 27.1 Å². The maximum atomic E-state index is 2.54. The Balaban J connectivity index is 2.61. The molecule has 0 unspecified atom stereocenters. The molecule has 2 aromatic carbocycles. The van der Waals surface area contributed by atoms with Crippen LogP contribution in [0.15, 0.2) is 30.3 Å². The molecule has 2 aromatic rings. The van der Waals surface area contributed by atoms with Crippen molar-refractivity contribution in [3.05, 3.63) is 69.3 Å². The first-order valence-electron chi connectivity index (χ1n) is 13.9. The van der Waals surface area contributed by atoms with Gasteiger partial charge in [0.2, 0.25) is 0 Å². The molecule has 0 heteroatoms. The van der Waals surface area contributed by atoms with Crippen LogP contribution in [0.25, 0.3) is 0 Å². The van der Waals surface area contributed by atoms with Crippen molar-refractivity contribution >= 4 is 0 Å². The minimum Gasteiger partial charge on any atom is -0.0617 e. The van der Waals surface area contributed by atoms with Crippen molar-refractivity contribution in [2.24, 2.45) is 0 Å². The van der Waals surface area contributed by atoms with Crippen molar-refractivity contribution in [3.8, 4) is 0 Å². The summed E-state index contributed by atoms with van der Waals surface area (Å²) >= 11 is 0. The number of aryl methyl sites for hydroxylation is 1. The average molecular weight is 477 g/mol. The van der Waals surface area contributed by atoms with Crippen molar-refractivity contribution in [1.29, 1.82) is 0 Å². The molecule has 0 bridgehead atoms. The van der Waals surface area contributed by atoms with Gasteiger partial charge in [0.1, 0.15) is 0 Å². The molecule has 0 amide bonds. The fourth-order valence-electron chi connectivity index (χ4n) is 5.53. The van der Waals surface area contributed by atoms with Gasteiger partial charge >= 0.3 is 0 Å². The molecule has 0 aliphatic rings. The number of hydrogen-bond donors (Lipinski definition) is 0. The smallest absolute Gasteiger partial charge is 0.0126 e. The molecule has 0 aliphatic carbocycles. The van der Waals surface area contributed by atoms with Crippen LogP contribution in [0, 0.1) is 0 Å². The zero-order valence-electron chi connectivity index (χ0n) is 26.0. The van der Waals surface area contributed by atoms with E-state index in [0.717, 1.165) is 12.8 Å². The standard InChI is InChI=1S/C35H56/c1-31(2,3)25-22-24(30(35(13,14)15)29(23-25)34(10,11)12)18-16-19-26-27(32(4,5)6)20-17-21-28(26)33(7,8)9/h17,20-23H,16,18-19H2,1-15H3. The zero-order chi connectivity index (χ0) is 27.2. The summed E-state index contributed by atoms with van der Waals surface area (Å²) in [5, 5.41) is 0. The Morgan fingerprint density at radius 1 is 0.486 bits per heavy atom.